The third-order valence-corrected chi connectivity index (χ3v) is 5.21. The molecule has 0 aliphatic heterocycles. The van der Waals surface area contributed by atoms with E-state index < -0.39 is 7.37 Å². The van der Waals surface area contributed by atoms with E-state index in [0.29, 0.717) is 24.5 Å². The highest BCUT2D eigenvalue weighted by Crippen LogP contribution is 2.46. The normalized spacial score (nSPS) is 13.9. The van der Waals surface area contributed by atoms with Gasteiger partial charge in [0.05, 0.1) is 13.7 Å². The standard InChI is InChI=1S/C13H19O4P/c1-3-17-18(15,11-7-10-13(14)16-2)12-8-5-4-6-9-12/h4-6,8-9H,3,7,10-11H2,1-2H3. The Morgan fingerprint density at radius 3 is 2.50 bits per heavy atom. The van der Waals surface area contributed by atoms with Gasteiger partial charge in [-0.15, -0.1) is 0 Å². The molecular formula is C13H19O4P. The van der Waals surface area contributed by atoms with Crippen molar-refractivity contribution in [3.05, 3.63) is 30.3 Å². The second-order valence-corrected chi connectivity index (χ2v) is 6.40. The van der Waals surface area contributed by atoms with Gasteiger partial charge in [0.1, 0.15) is 0 Å². The summed E-state index contributed by atoms with van der Waals surface area (Å²) in [5, 5.41) is 0.705. The Hall–Kier alpha value is -1.12. The summed E-state index contributed by atoms with van der Waals surface area (Å²) in [6.45, 7) is 2.21. The van der Waals surface area contributed by atoms with E-state index in [4.69, 9.17) is 4.52 Å². The van der Waals surface area contributed by atoms with E-state index in [-0.39, 0.29) is 12.4 Å². The second kappa shape index (κ2) is 7.34. The minimum Gasteiger partial charge on any atom is -0.469 e. The van der Waals surface area contributed by atoms with Crippen LogP contribution in [0.3, 0.4) is 0 Å². The second-order valence-electron chi connectivity index (χ2n) is 3.83. The van der Waals surface area contributed by atoms with E-state index in [0.717, 1.165) is 0 Å². The fourth-order valence-corrected chi connectivity index (χ4v) is 3.82. The number of ether oxygens (including phenoxy) is 1. The van der Waals surface area contributed by atoms with Crippen molar-refractivity contribution in [1.82, 2.24) is 0 Å². The predicted molar refractivity (Wildman–Crippen MR) is 71.4 cm³/mol. The Balaban J connectivity index is 2.70. The molecule has 18 heavy (non-hydrogen) atoms. The zero-order valence-electron chi connectivity index (χ0n) is 10.8. The molecule has 0 saturated carbocycles. The summed E-state index contributed by atoms with van der Waals surface area (Å²) in [6.07, 6.45) is 1.12. The van der Waals surface area contributed by atoms with E-state index in [1.54, 1.807) is 12.1 Å². The van der Waals surface area contributed by atoms with Crippen LogP contribution in [0.25, 0.3) is 0 Å². The molecule has 0 N–H and O–H groups in total. The van der Waals surface area contributed by atoms with Gasteiger partial charge in [0.15, 0.2) is 0 Å². The summed E-state index contributed by atoms with van der Waals surface area (Å²) in [7, 11) is -1.50. The third-order valence-electron chi connectivity index (χ3n) is 2.55. The molecule has 0 aliphatic carbocycles. The molecule has 0 bridgehead atoms. The molecule has 0 aromatic heterocycles. The Bertz CT molecular complexity index is 416. The maximum absolute atomic E-state index is 12.7. The topological polar surface area (TPSA) is 52.6 Å². The smallest absolute Gasteiger partial charge is 0.305 e. The van der Waals surface area contributed by atoms with Crippen LogP contribution in [0, 0.1) is 0 Å². The van der Waals surface area contributed by atoms with Crippen molar-refractivity contribution in [3.8, 4) is 0 Å². The first-order valence-electron chi connectivity index (χ1n) is 5.98. The van der Waals surface area contributed by atoms with Crippen molar-refractivity contribution in [2.24, 2.45) is 0 Å². The lowest BCUT2D eigenvalue weighted by atomic mass is 10.3. The molecular weight excluding hydrogens is 251 g/mol. The van der Waals surface area contributed by atoms with Gasteiger partial charge in [-0.3, -0.25) is 9.36 Å². The molecule has 1 unspecified atom stereocenters. The Morgan fingerprint density at radius 1 is 1.28 bits per heavy atom. The van der Waals surface area contributed by atoms with E-state index >= 15 is 0 Å². The van der Waals surface area contributed by atoms with Crippen molar-refractivity contribution in [1.29, 1.82) is 0 Å². The first-order valence-corrected chi connectivity index (χ1v) is 7.79. The highest BCUT2D eigenvalue weighted by molar-refractivity contribution is 7.67. The SMILES string of the molecule is CCOP(=O)(CCCC(=O)OC)c1ccccc1. The van der Waals surface area contributed by atoms with E-state index in [2.05, 4.69) is 4.74 Å². The van der Waals surface area contributed by atoms with Crippen LogP contribution in [-0.2, 0) is 18.6 Å². The van der Waals surface area contributed by atoms with Crippen LogP contribution in [-0.4, -0.2) is 25.8 Å². The van der Waals surface area contributed by atoms with Crippen LogP contribution in [0.2, 0.25) is 0 Å². The molecule has 1 atom stereocenters. The average molecular weight is 270 g/mol. The monoisotopic (exact) mass is 270 g/mol. The molecule has 0 fully saturated rings. The Morgan fingerprint density at radius 2 is 1.94 bits per heavy atom. The van der Waals surface area contributed by atoms with Gasteiger partial charge in [-0.1, -0.05) is 18.2 Å². The maximum Gasteiger partial charge on any atom is 0.305 e. The van der Waals surface area contributed by atoms with Crippen LogP contribution in [0.5, 0.6) is 0 Å². The fraction of sp³-hybridized carbons (Fsp3) is 0.462. The van der Waals surface area contributed by atoms with Gasteiger partial charge >= 0.3 is 5.97 Å². The summed E-state index contributed by atoms with van der Waals surface area (Å²) < 4.78 is 22.7. The van der Waals surface area contributed by atoms with Gasteiger partial charge in [0, 0.05) is 17.9 Å². The largest absolute Gasteiger partial charge is 0.469 e. The molecule has 0 radical (unpaired) electrons. The van der Waals surface area contributed by atoms with Crippen molar-refractivity contribution >= 4 is 18.6 Å². The number of esters is 1. The number of benzene rings is 1. The van der Waals surface area contributed by atoms with E-state index in [1.165, 1.54) is 7.11 Å². The lowest BCUT2D eigenvalue weighted by molar-refractivity contribution is -0.140. The Labute approximate surface area is 108 Å². The molecule has 5 heteroatoms. The highest BCUT2D eigenvalue weighted by atomic mass is 31.2. The number of carbonyl (C=O) groups is 1. The molecule has 4 nitrogen and oxygen atoms in total. The van der Waals surface area contributed by atoms with Gasteiger partial charge in [0.25, 0.3) is 0 Å². The average Bonchev–Trinajstić information content (AvgIpc) is 2.40. The summed E-state index contributed by atoms with van der Waals surface area (Å²) in [6, 6.07) is 9.14. The molecule has 0 heterocycles. The predicted octanol–water partition coefficient (Wildman–Crippen LogP) is 2.58. The Kier molecular flexibility index (Phi) is 6.10. The van der Waals surface area contributed by atoms with Crippen molar-refractivity contribution in [3.63, 3.8) is 0 Å². The molecule has 0 amide bonds. The van der Waals surface area contributed by atoms with E-state index in [9.17, 15) is 9.36 Å². The van der Waals surface area contributed by atoms with Crippen LogP contribution in [0.1, 0.15) is 19.8 Å². The zero-order valence-corrected chi connectivity index (χ0v) is 11.7. The number of carbonyl (C=O) groups excluding carboxylic acids is 1. The maximum atomic E-state index is 12.7. The highest BCUT2D eigenvalue weighted by Gasteiger charge is 2.25. The van der Waals surface area contributed by atoms with Crippen LogP contribution >= 0.6 is 7.37 Å². The number of hydrogen-bond donors (Lipinski definition) is 0. The summed E-state index contributed by atoms with van der Waals surface area (Å²) in [5.74, 6) is -0.286. The molecule has 1 rings (SSSR count). The van der Waals surface area contributed by atoms with Crippen LogP contribution in [0.4, 0.5) is 0 Å². The van der Waals surface area contributed by atoms with Crippen molar-refractivity contribution in [2.45, 2.75) is 19.8 Å². The molecule has 100 valence electrons. The van der Waals surface area contributed by atoms with Gasteiger partial charge < -0.3 is 9.26 Å². The lowest BCUT2D eigenvalue weighted by Crippen LogP contribution is -2.11. The molecule has 1 aromatic rings. The van der Waals surface area contributed by atoms with E-state index in [1.807, 2.05) is 25.1 Å². The van der Waals surface area contributed by atoms with Gasteiger partial charge in [-0.25, -0.2) is 0 Å². The number of methoxy groups -OCH3 is 1. The molecule has 0 saturated heterocycles. The number of rotatable bonds is 7. The number of hydrogen-bond acceptors (Lipinski definition) is 4. The quantitative estimate of drug-likeness (QED) is 0.564. The summed E-state index contributed by atoms with van der Waals surface area (Å²) >= 11 is 0. The first kappa shape index (κ1) is 14.9. The van der Waals surface area contributed by atoms with Gasteiger partial charge in [0.2, 0.25) is 7.37 Å². The minimum absolute atomic E-state index is 0.264. The minimum atomic E-state index is -2.85. The van der Waals surface area contributed by atoms with Crippen LogP contribution < -0.4 is 5.30 Å². The van der Waals surface area contributed by atoms with Crippen molar-refractivity contribution in [2.75, 3.05) is 19.9 Å². The zero-order chi connectivity index (χ0) is 13.4. The molecule has 0 spiro atoms. The molecule has 0 aliphatic rings. The fourth-order valence-electron chi connectivity index (χ4n) is 1.67. The summed E-state index contributed by atoms with van der Waals surface area (Å²) in [5.41, 5.74) is 0. The van der Waals surface area contributed by atoms with Crippen LogP contribution in [0.15, 0.2) is 30.3 Å². The summed E-state index contributed by atoms with van der Waals surface area (Å²) in [4.78, 5) is 11.0. The van der Waals surface area contributed by atoms with Crippen molar-refractivity contribution < 1.29 is 18.6 Å². The first-order chi connectivity index (χ1) is 8.62. The van der Waals surface area contributed by atoms with Gasteiger partial charge in [-0.05, 0) is 25.5 Å². The molecule has 1 aromatic carbocycles. The lowest BCUT2D eigenvalue weighted by Gasteiger charge is -2.17. The third kappa shape index (κ3) is 4.28. The van der Waals surface area contributed by atoms with Gasteiger partial charge in [-0.2, -0.15) is 0 Å².